The summed E-state index contributed by atoms with van der Waals surface area (Å²) in [6.45, 7) is 1.28. The molecule has 1 aliphatic rings. The first-order chi connectivity index (χ1) is 17.0. The molecule has 2 aromatic heterocycles. The smallest absolute Gasteiger partial charge is 0.255 e. The Hall–Kier alpha value is -3.88. The molecule has 178 valence electrons. The van der Waals surface area contributed by atoms with E-state index in [1.165, 1.54) is 10.6 Å². The summed E-state index contributed by atoms with van der Waals surface area (Å²) in [5.74, 6) is -0.450. The molecule has 0 aliphatic carbocycles. The van der Waals surface area contributed by atoms with Gasteiger partial charge in [0.15, 0.2) is 0 Å². The molecule has 35 heavy (non-hydrogen) atoms. The lowest BCUT2D eigenvalue weighted by molar-refractivity contribution is 0.0869. The lowest BCUT2D eigenvalue weighted by Crippen LogP contribution is -2.59. The highest BCUT2D eigenvalue weighted by Crippen LogP contribution is 2.23. The number of aromatic amines is 1. The van der Waals surface area contributed by atoms with Crippen molar-refractivity contribution in [1.82, 2.24) is 25.5 Å². The highest BCUT2D eigenvalue weighted by molar-refractivity contribution is 6.35. The molecule has 4 N–H and O–H groups in total. The van der Waals surface area contributed by atoms with Crippen LogP contribution < -0.4 is 21.5 Å². The fourth-order valence-corrected chi connectivity index (χ4v) is 4.55. The second kappa shape index (κ2) is 9.77. The number of aromatic nitrogens is 2. The summed E-state index contributed by atoms with van der Waals surface area (Å²) in [5, 5.41) is 10.8. The average Bonchev–Trinajstić information content (AvgIpc) is 3.25. The van der Waals surface area contributed by atoms with Crippen molar-refractivity contribution in [2.75, 3.05) is 13.1 Å². The van der Waals surface area contributed by atoms with Gasteiger partial charge in [0.1, 0.15) is 0 Å². The number of amides is 2. The van der Waals surface area contributed by atoms with Crippen LogP contribution in [0.4, 0.5) is 0 Å². The number of hydrogen-bond donors (Lipinski definition) is 4. The van der Waals surface area contributed by atoms with Gasteiger partial charge < -0.3 is 20.9 Å². The number of halogens is 1. The predicted octanol–water partition coefficient (Wildman–Crippen LogP) is 2.86. The minimum absolute atomic E-state index is 0.142. The van der Waals surface area contributed by atoms with Gasteiger partial charge in [-0.2, -0.15) is 0 Å². The Morgan fingerprint density at radius 1 is 0.943 bits per heavy atom. The predicted molar refractivity (Wildman–Crippen MR) is 135 cm³/mol. The van der Waals surface area contributed by atoms with Crippen molar-refractivity contribution >= 4 is 34.3 Å². The van der Waals surface area contributed by atoms with Crippen molar-refractivity contribution in [3.63, 3.8) is 0 Å². The third kappa shape index (κ3) is 4.84. The van der Waals surface area contributed by atoms with Crippen LogP contribution in [0.25, 0.3) is 16.6 Å². The molecule has 0 radical (unpaired) electrons. The van der Waals surface area contributed by atoms with E-state index in [4.69, 9.17) is 11.6 Å². The van der Waals surface area contributed by atoms with Crippen LogP contribution in [0.1, 0.15) is 27.1 Å². The van der Waals surface area contributed by atoms with E-state index in [9.17, 15) is 14.4 Å². The molecule has 1 saturated heterocycles. The first kappa shape index (κ1) is 22.9. The van der Waals surface area contributed by atoms with Crippen molar-refractivity contribution in [3.8, 4) is 5.69 Å². The number of rotatable bonds is 5. The molecule has 0 unspecified atom stereocenters. The monoisotopic (exact) mass is 489 g/mol. The molecule has 9 heteroatoms. The van der Waals surface area contributed by atoms with Gasteiger partial charge in [0.2, 0.25) is 0 Å². The van der Waals surface area contributed by atoms with Crippen molar-refractivity contribution in [1.29, 1.82) is 0 Å². The molecule has 2 amide bonds. The molecule has 0 saturated carbocycles. The summed E-state index contributed by atoms with van der Waals surface area (Å²) >= 11 is 6.13. The van der Waals surface area contributed by atoms with Gasteiger partial charge in [-0.25, -0.2) is 0 Å². The molecule has 8 nitrogen and oxygen atoms in total. The Kier molecular flexibility index (Phi) is 6.39. The highest BCUT2D eigenvalue weighted by atomic mass is 35.5. The first-order valence-electron chi connectivity index (χ1n) is 11.4. The minimum atomic E-state index is -0.273. The first-order valence-corrected chi connectivity index (χ1v) is 11.7. The van der Waals surface area contributed by atoms with Gasteiger partial charge >= 0.3 is 0 Å². The number of hydrogen-bond acceptors (Lipinski definition) is 4. The van der Waals surface area contributed by atoms with Crippen LogP contribution in [0.3, 0.4) is 0 Å². The topological polar surface area (TPSA) is 108 Å². The lowest BCUT2D eigenvalue weighted by atomic mass is 9.99. The van der Waals surface area contributed by atoms with Gasteiger partial charge in [-0.1, -0.05) is 23.7 Å². The SMILES string of the molecule is O=C(N[C@H]1CCNC[C@H]1NC(=O)c1ccc2c(Cl)c[nH]c2c1)c1ccc(-n2ccccc2=O)cc1. The number of pyridine rings is 1. The second-order valence-electron chi connectivity index (χ2n) is 8.51. The van der Waals surface area contributed by atoms with E-state index >= 15 is 0 Å². The summed E-state index contributed by atoms with van der Waals surface area (Å²) in [4.78, 5) is 41.0. The van der Waals surface area contributed by atoms with Gasteiger partial charge in [-0.15, -0.1) is 0 Å². The number of H-pyrrole nitrogens is 1. The Balaban J connectivity index is 1.27. The molecule has 5 rings (SSSR count). The van der Waals surface area contributed by atoms with E-state index < -0.39 is 0 Å². The molecular formula is C26H24ClN5O3. The Labute approximate surface area is 206 Å². The molecule has 0 bridgehead atoms. The standard InChI is InChI=1S/C26H24ClN5O3/c27-20-14-29-22-13-17(6-9-19(20)22)26(35)31-23-15-28-11-10-21(23)30-25(34)16-4-7-18(8-5-16)32-12-2-1-3-24(32)33/h1-9,12-14,21,23,28-29H,10-11,15H2,(H,30,34)(H,31,35)/t21-,23+/m0/s1. The van der Waals surface area contributed by atoms with E-state index in [-0.39, 0.29) is 29.5 Å². The Morgan fingerprint density at radius 2 is 1.69 bits per heavy atom. The summed E-state index contributed by atoms with van der Waals surface area (Å²) < 4.78 is 1.51. The van der Waals surface area contributed by atoms with Crippen LogP contribution in [-0.4, -0.2) is 46.5 Å². The molecule has 0 spiro atoms. The number of carbonyl (C=O) groups is 2. The molecule has 1 fully saturated rings. The number of piperidine rings is 1. The molecule has 3 heterocycles. The van der Waals surface area contributed by atoms with Crippen molar-refractivity contribution in [3.05, 3.63) is 99.6 Å². The van der Waals surface area contributed by atoms with Crippen LogP contribution in [0.15, 0.2) is 77.9 Å². The second-order valence-corrected chi connectivity index (χ2v) is 8.91. The summed E-state index contributed by atoms with van der Waals surface area (Å²) in [6, 6.07) is 16.6. The third-order valence-corrected chi connectivity index (χ3v) is 6.55. The van der Waals surface area contributed by atoms with Crippen LogP contribution >= 0.6 is 11.6 Å². The van der Waals surface area contributed by atoms with Gasteiger partial charge in [0.25, 0.3) is 17.4 Å². The highest BCUT2D eigenvalue weighted by Gasteiger charge is 2.28. The van der Waals surface area contributed by atoms with Gasteiger partial charge in [0, 0.05) is 52.7 Å². The van der Waals surface area contributed by atoms with Gasteiger partial charge in [-0.3, -0.25) is 19.0 Å². The van der Waals surface area contributed by atoms with Crippen molar-refractivity contribution in [2.45, 2.75) is 18.5 Å². The number of fused-ring (bicyclic) bond motifs is 1. The third-order valence-electron chi connectivity index (χ3n) is 6.24. The number of nitrogens with zero attached hydrogens (tertiary/aromatic N) is 1. The minimum Gasteiger partial charge on any atom is -0.360 e. The van der Waals surface area contributed by atoms with E-state index in [1.54, 1.807) is 60.9 Å². The number of nitrogens with one attached hydrogen (secondary N) is 4. The fraction of sp³-hybridized carbons (Fsp3) is 0.192. The number of benzene rings is 2. The zero-order chi connectivity index (χ0) is 24.4. The maximum Gasteiger partial charge on any atom is 0.255 e. The largest absolute Gasteiger partial charge is 0.360 e. The van der Waals surface area contributed by atoms with Crippen molar-refractivity contribution in [2.24, 2.45) is 0 Å². The Bertz CT molecular complexity index is 1440. The summed E-state index contributed by atoms with van der Waals surface area (Å²) in [5.41, 5.74) is 2.32. The molecule has 2 atom stereocenters. The normalized spacial score (nSPS) is 17.7. The van der Waals surface area contributed by atoms with E-state index in [1.807, 2.05) is 6.07 Å². The van der Waals surface area contributed by atoms with Gasteiger partial charge in [-0.05, 0) is 55.4 Å². The van der Waals surface area contributed by atoms with Crippen LogP contribution in [-0.2, 0) is 0 Å². The van der Waals surface area contributed by atoms with Crippen molar-refractivity contribution < 1.29 is 9.59 Å². The maximum atomic E-state index is 12.9. The molecule has 2 aromatic carbocycles. The maximum absolute atomic E-state index is 12.9. The zero-order valence-electron chi connectivity index (χ0n) is 18.8. The summed E-state index contributed by atoms with van der Waals surface area (Å²) in [6.07, 6.45) is 4.05. The molecule has 4 aromatic rings. The van der Waals surface area contributed by atoms with E-state index in [0.29, 0.717) is 34.8 Å². The van der Waals surface area contributed by atoms with E-state index in [2.05, 4.69) is 20.9 Å². The number of carbonyl (C=O) groups excluding carboxylic acids is 2. The van der Waals surface area contributed by atoms with Crippen LogP contribution in [0.2, 0.25) is 5.02 Å². The summed E-state index contributed by atoms with van der Waals surface area (Å²) in [7, 11) is 0. The van der Waals surface area contributed by atoms with Crippen LogP contribution in [0, 0.1) is 0 Å². The quantitative estimate of drug-likeness (QED) is 0.345. The fourth-order valence-electron chi connectivity index (χ4n) is 4.33. The molecule has 1 aliphatic heterocycles. The lowest BCUT2D eigenvalue weighted by Gasteiger charge is -2.33. The molecular weight excluding hydrogens is 466 g/mol. The van der Waals surface area contributed by atoms with Gasteiger partial charge in [0.05, 0.1) is 17.1 Å². The zero-order valence-corrected chi connectivity index (χ0v) is 19.5. The van der Waals surface area contributed by atoms with Crippen LogP contribution in [0.5, 0.6) is 0 Å². The average molecular weight is 490 g/mol. The van der Waals surface area contributed by atoms with E-state index in [0.717, 1.165) is 17.4 Å². The Morgan fingerprint density at radius 3 is 2.49 bits per heavy atom.